The third-order valence-corrected chi connectivity index (χ3v) is 5.17. The van der Waals surface area contributed by atoms with Crippen LogP contribution in [0.4, 0.5) is 11.4 Å². The fourth-order valence-electron chi connectivity index (χ4n) is 3.07. The van der Waals surface area contributed by atoms with Gasteiger partial charge in [-0.1, -0.05) is 32.4 Å². The lowest BCUT2D eigenvalue weighted by Crippen LogP contribution is -2.45. The summed E-state index contributed by atoms with van der Waals surface area (Å²) in [5.74, 6) is -1.52. The molecule has 1 N–H and O–H groups in total. The van der Waals surface area contributed by atoms with Gasteiger partial charge in [0.1, 0.15) is 0 Å². The highest BCUT2D eigenvalue weighted by Crippen LogP contribution is 2.27. The zero-order valence-corrected chi connectivity index (χ0v) is 18.2. The molecule has 1 saturated heterocycles. The number of ether oxygens (including phenoxy) is 1. The van der Waals surface area contributed by atoms with Gasteiger partial charge in [0.2, 0.25) is 5.91 Å². The van der Waals surface area contributed by atoms with Crippen molar-refractivity contribution in [1.29, 1.82) is 0 Å². The standard InChI is InChI=1S/C20H26ClN3O6/c1-12(17(25)22-16-11-14(24(28)29)5-6-15(16)21)30-18(26)13-7-9-23(10-8-13)19(27)20(2,3)4/h5-6,11-13H,7-10H2,1-4H3,(H,22,25). The van der Waals surface area contributed by atoms with E-state index in [0.717, 1.165) is 6.07 Å². The van der Waals surface area contributed by atoms with E-state index in [1.165, 1.54) is 19.1 Å². The molecule has 2 amide bonds. The lowest BCUT2D eigenvalue weighted by Gasteiger charge is -2.35. The van der Waals surface area contributed by atoms with Crippen molar-refractivity contribution in [1.82, 2.24) is 4.90 Å². The molecule has 0 bridgehead atoms. The first-order valence-corrected chi connectivity index (χ1v) is 10.0. The number of nitrogens with zero attached hydrogens (tertiary/aromatic N) is 2. The highest BCUT2D eigenvalue weighted by molar-refractivity contribution is 6.33. The summed E-state index contributed by atoms with van der Waals surface area (Å²) < 4.78 is 5.27. The van der Waals surface area contributed by atoms with E-state index in [2.05, 4.69) is 5.32 Å². The zero-order valence-electron chi connectivity index (χ0n) is 17.4. The van der Waals surface area contributed by atoms with Crippen LogP contribution in [0.25, 0.3) is 0 Å². The number of carbonyl (C=O) groups is 3. The van der Waals surface area contributed by atoms with E-state index < -0.39 is 34.2 Å². The van der Waals surface area contributed by atoms with E-state index in [1.807, 2.05) is 20.8 Å². The molecule has 0 radical (unpaired) electrons. The predicted octanol–water partition coefficient (Wildman–Crippen LogP) is 3.40. The van der Waals surface area contributed by atoms with E-state index in [0.29, 0.717) is 25.9 Å². The van der Waals surface area contributed by atoms with E-state index in [1.54, 1.807) is 4.90 Å². The molecule has 2 rings (SSSR count). The van der Waals surface area contributed by atoms with Crippen molar-refractivity contribution >= 4 is 40.8 Å². The molecule has 1 aromatic carbocycles. The van der Waals surface area contributed by atoms with Crippen LogP contribution >= 0.6 is 11.6 Å². The average molecular weight is 440 g/mol. The second kappa shape index (κ2) is 9.42. The summed E-state index contributed by atoms with van der Waals surface area (Å²) in [6.07, 6.45) is -0.181. The van der Waals surface area contributed by atoms with Crippen LogP contribution in [0.2, 0.25) is 5.02 Å². The Morgan fingerprint density at radius 1 is 1.27 bits per heavy atom. The number of amides is 2. The van der Waals surface area contributed by atoms with Gasteiger partial charge in [0.25, 0.3) is 11.6 Å². The molecule has 10 heteroatoms. The van der Waals surface area contributed by atoms with E-state index in [4.69, 9.17) is 16.3 Å². The second-order valence-corrected chi connectivity index (χ2v) is 8.71. The van der Waals surface area contributed by atoms with Crippen LogP contribution in [0.3, 0.4) is 0 Å². The molecule has 164 valence electrons. The smallest absolute Gasteiger partial charge is 0.309 e. The van der Waals surface area contributed by atoms with Crippen molar-refractivity contribution < 1.29 is 24.0 Å². The van der Waals surface area contributed by atoms with Crippen LogP contribution in [-0.4, -0.2) is 46.8 Å². The molecule has 1 aromatic rings. The van der Waals surface area contributed by atoms with Crippen molar-refractivity contribution in [2.45, 2.75) is 46.6 Å². The number of piperidine rings is 1. The maximum atomic E-state index is 12.4. The lowest BCUT2D eigenvalue weighted by atomic mass is 9.91. The van der Waals surface area contributed by atoms with Gasteiger partial charge in [0, 0.05) is 30.6 Å². The van der Waals surface area contributed by atoms with Crippen LogP contribution in [0.5, 0.6) is 0 Å². The highest BCUT2D eigenvalue weighted by Gasteiger charge is 2.34. The van der Waals surface area contributed by atoms with Crippen LogP contribution in [0.1, 0.15) is 40.5 Å². The minimum Gasteiger partial charge on any atom is -0.452 e. The van der Waals surface area contributed by atoms with Gasteiger partial charge >= 0.3 is 5.97 Å². The van der Waals surface area contributed by atoms with Crippen molar-refractivity contribution in [3.63, 3.8) is 0 Å². The van der Waals surface area contributed by atoms with Crippen LogP contribution in [-0.2, 0) is 19.1 Å². The molecule has 1 unspecified atom stereocenters. The molecule has 1 atom stereocenters. The Bertz CT molecular complexity index is 843. The lowest BCUT2D eigenvalue weighted by molar-refractivity contribution is -0.384. The first-order chi connectivity index (χ1) is 13.9. The number of halogens is 1. The van der Waals surface area contributed by atoms with E-state index in [9.17, 15) is 24.5 Å². The third-order valence-electron chi connectivity index (χ3n) is 4.84. The summed E-state index contributed by atoms with van der Waals surface area (Å²) in [7, 11) is 0. The fourth-order valence-corrected chi connectivity index (χ4v) is 3.24. The Kier molecular flexibility index (Phi) is 7.41. The van der Waals surface area contributed by atoms with Gasteiger partial charge in [-0.25, -0.2) is 0 Å². The molecule has 0 aliphatic carbocycles. The van der Waals surface area contributed by atoms with Crippen LogP contribution in [0, 0.1) is 21.4 Å². The maximum absolute atomic E-state index is 12.4. The number of nitrogens with one attached hydrogen (secondary N) is 1. The number of esters is 1. The molecular weight excluding hydrogens is 414 g/mol. The number of nitro benzene ring substituents is 1. The normalized spacial score (nSPS) is 16.0. The van der Waals surface area contributed by atoms with Gasteiger partial charge in [-0.15, -0.1) is 0 Å². The first kappa shape index (κ1) is 23.6. The predicted molar refractivity (Wildman–Crippen MR) is 111 cm³/mol. The van der Waals surface area contributed by atoms with Gasteiger partial charge in [0.05, 0.1) is 21.6 Å². The molecule has 0 spiro atoms. The van der Waals surface area contributed by atoms with E-state index in [-0.39, 0.29) is 22.3 Å². The Balaban J connectivity index is 1.90. The van der Waals surface area contributed by atoms with Crippen LogP contribution in [0.15, 0.2) is 18.2 Å². The number of hydrogen-bond donors (Lipinski definition) is 1. The SMILES string of the molecule is CC(OC(=O)C1CCN(C(=O)C(C)(C)C)CC1)C(=O)Nc1cc([N+](=O)[O-])ccc1Cl. The van der Waals surface area contributed by atoms with Crippen molar-refractivity contribution in [2.24, 2.45) is 11.3 Å². The summed E-state index contributed by atoms with van der Waals surface area (Å²) in [6, 6.07) is 3.66. The molecule has 0 aromatic heterocycles. The average Bonchev–Trinajstić information content (AvgIpc) is 2.68. The first-order valence-electron chi connectivity index (χ1n) is 9.65. The summed E-state index contributed by atoms with van der Waals surface area (Å²) >= 11 is 5.97. The van der Waals surface area contributed by atoms with Crippen molar-refractivity contribution in [3.05, 3.63) is 33.3 Å². The van der Waals surface area contributed by atoms with Crippen LogP contribution < -0.4 is 5.32 Å². The van der Waals surface area contributed by atoms with Gasteiger partial charge < -0.3 is 15.0 Å². The monoisotopic (exact) mass is 439 g/mol. The highest BCUT2D eigenvalue weighted by atomic mass is 35.5. The quantitative estimate of drug-likeness (QED) is 0.426. The molecule has 1 fully saturated rings. The molecule has 30 heavy (non-hydrogen) atoms. The van der Waals surface area contributed by atoms with Gasteiger partial charge in [0.15, 0.2) is 6.10 Å². The number of rotatable bonds is 5. The molecule has 1 aliphatic rings. The summed E-state index contributed by atoms with van der Waals surface area (Å²) in [4.78, 5) is 49.1. The van der Waals surface area contributed by atoms with Crippen molar-refractivity contribution in [2.75, 3.05) is 18.4 Å². The number of anilines is 1. The fraction of sp³-hybridized carbons (Fsp3) is 0.550. The molecule has 9 nitrogen and oxygen atoms in total. The van der Waals surface area contributed by atoms with Gasteiger partial charge in [-0.05, 0) is 25.8 Å². The van der Waals surface area contributed by atoms with Gasteiger partial charge in [-0.2, -0.15) is 0 Å². The number of hydrogen-bond acceptors (Lipinski definition) is 6. The minimum atomic E-state index is -1.11. The Labute approximate surface area is 179 Å². The summed E-state index contributed by atoms with van der Waals surface area (Å²) in [5.41, 5.74) is -0.642. The molecule has 1 heterocycles. The Morgan fingerprint density at radius 3 is 2.40 bits per heavy atom. The Hall–Kier alpha value is -2.68. The van der Waals surface area contributed by atoms with Crippen molar-refractivity contribution in [3.8, 4) is 0 Å². The number of likely N-dealkylation sites (tertiary alicyclic amines) is 1. The number of benzene rings is 1. The maximum Gasteiger partial charge on any atom is 0.309 e. The number of nitro groups is 1. The summed E-state index contributed by atoms with van der Waals surface area (Å²) in [6.45, 7) is 7.88. The van der Waals surface area contributed by atoms with Gasteiger partial charge in [-0.3, -0.25) is 24.5 Å². The van der Waals surface area contributed by atoms with E-state index >= 15 is 0 Å². The minimum absolute atomic E-state index is 0.0379. The largest absolute Gasteiger partial charge is 0.452 e. The number of carbonyl (C=O) groups excluding carboxylic acids is 3. The third kappa shape index (κ3) is 5.91. The topological polar surface area (TPSA) is 119 Å². The molecule has 0 saturated carbocycles. The molecule has 1 aliphatic heterocycles. The molecular formula is C20H26ClN3O6. The zero-order chi connectivity index (χ0) is 22.6. The summed E-state index contributed by atoms with van der Waals surface area (Å²) in [5, 5.41) is 13.5. The second-order valence-electron chi connectivity index (χ2n) is 8.31. The Morgan fingerprint density at radius 2 is 1.87 bits per heavy atom. The number of non-ortho nitro benzene ring substituents is 1.